The number of likely N-dealkylation sites (N-methyl/N-ethyl adjacent to an activating group) is 1. The number of aliphatic hydroxyl groups excluding tert-OH is 1. The van der Waals surface area contributed by atoms with Crippen molar-refractivity contribution in [1.82, 2.24) is 5.32 Å². The average Bonchev–Trinajstić information content (AvgIpc) is 2.41. The molecule has 0 amide bonds. The van der Waals surface area contributed by atoms with Crippen LogP contribution in [-0.4, -0.2) is 23.8 Å². The van der Waals surface area contributed by atoms with Gasteiger partial charge in [0.05, 0.1) is 6.10 Å². The third kappa shape index (κ3) is 0.989. The SMILES string of the molecule is CCNC1C2CCC(C)(C1O)C2(C)C. The summed E-state index contributed by atoms with van der Waals surface area (Å²) in [5.41, 5.74) is 0.420. The fourth-order valence-electron chi connectivity index (χ4n) is 3.83. The molecule has 14 heavy (non-hydrogen) atoms. The Bertz CT molecular complexity index is 238. The Balaban J connectivity index is 2.29. The Morgan fingerprint density at radius 3 is 2.43 bits per heavy atom. The highest BCUT2D eigenvalue weighted by molar-refractivity contribution is 5.16. The summed E-state index contributed by atoms with van der Waals surface area (Å²) in [5, 5.41) is 13.8. The molecular formula is C12H23NO. The van der Waals surface area contributed by atoms with E-state index in [-0.39, 0.29) is 11.5 Å². The van der Waals surface area contributed by atoms with Crippen molar-refractivity contribution < 1.29 is 5.11 Å². The van der Waals surface area contributed by atoms with Crippen LogP contribution < -0.4 is 5.32 Å². The maximum absolute atomic E-state index is 10.3. The van der Waals surface area contributed by atoms with E-state index in [2.05, 4.69) is 33.0 Å². The van der Waals surface area contributed by atoms with Crippen LogP contribution in [-0.2, 0) is 0 Å². The van der Waals surface area contributed by atoms with Gasteiger partial charge in [-0.3, -0.25) is 0 Å². The van der Waals surface area contributed by atoms with E-state index in [0.29, 0.717) is 17.4 Å². The van der Waals surface area contributed by atoms with E-state index in [4.69, 9.17) is 0 Å². The van der Waals surface area contributed by atoms with Crippen molar-refractivity contribution in [3.63, 3.8) is 0 Å². The van der Waals surface area contributed by atoms with E-state index in [1.165, 1.54) is 12.8 Å². The summed E-state index contributed by atoms with van der Waals surface area (Å²) in [6.45, 7) is 9.99. The molecule has 2 heteroatoms. The molecule has 2 N–H and O–H groups in total. The standard InChI is InChI=1S/C12H23NO/c1-5-13-9-8-6-7-12(4,10(9)14)11(8,2)3/h8-10,13-14H,5-7H2,1-4H3. The summed E-state index contributed by atoms with van der Waals surface area (Å²) in [4.78, 5) is 0. The topological polar surface area (TPSA) is 32.3 Å². The minimum absolute atomic E-state index is 0.129. The fourth-order valence-corrected chi connectivity index (χ4v) is 3.83. The molecule has 0 radical (unpaired) electrons. The van der Waals surface area contributed by atoms with Crippen molar-refractivity contribution in [3.05, 3.63) is 0 Å². The predicted octanol–water partition coefficient (Wildman–Crippen LogP) is 1.78. The number of hydrogen-bond donors (Lipinski definition) is 2. The van der Waals surface area contributed by atoms with Crippen LogP contribution in [0.25, 0.3) is 0 Å². The molecule has 2 aliphatic rings. The maximum atomic E-state index is 10.3. The summed E-state index contributed by atoms with van der Waals surface area (Å²) in [6, 6.07) is 0.328. The lowest BCUT2D eigenvalue weighted by Crippen LogP contribution is -2.46. The quantitative estimate of drug-likeness (QED) is 0.707. The lowest BCUT2D eigenvalue weighted by Gasteiger charge is -2.37. The number of nitrogens with one attached hydrogen (secondary N) is 1. The van der Waals surface area contributed by atoms with Crippen molar-refractivity contribution in [2.24, 2.45) is 16.7 Å². The van der Waals surface area contributed by atoms with Gasteiger partial charge >= 0.3 is 0 Å². The van der Waals surface area contributed by atoms with Gasteiger partial charge < -0.3 is 10.4 Å². The first-order chi connectivity index (χ1) is 6.45. The first kappa shape index (κ1) is 10.4. The van der Waals surface area contributed by atoms with Crippen molar-refractivity contribution in [2.45, 2.75) is 52.7 Å². The van der Waals surface area contributed by atoms with Crippen molar-refractivity contribution in [2.75, 3.05) is 6.54 Å². The lowest BCUT2D eigenvalue weighted by molar-refractivity contribution is 0.000399. The van der Waals surface area contributed by atoms with Crippen molar-refractivity contribution >= 4 is 0 Å². The van der Waals surface area contributed by atoms with Gasteiger partial charge in [0.2, 0.25) is 0 Å². The second-order valence-corrected chi connectivity index (χ2v) is 5.81. The molecule has 2 fully saturated rings. The summed E-state index contributed by atoms with van der Waals surface area (Å²) >= 11 is 0. The minimum Gasteiger partial charge on any atom is -0.391 e. The van der Waals surface area contributed by atoms with Crippen LogP contribution in [0.1, 0.15) is 40.5 Å². The first-order valence-corrected chi connectivity index (χ1v) is 5.86. The Hall–Kier alpha value is -0.0800. The number of hydrogen-bond acceptors (Lipinski definition) is 2. The van der Waals surface area contributed by atoms with Gasteiger partial charge in [0, 0.05) is 11.5 Å². The van der Waals surface area contributed by atoms with Crippen LogP contribution in [0.3, 0.4) is 0 Å². The molecule has 82 valence electrons. The zero-order valence-electron chi connectivity index (χ0n) is 9.80. The van der Waals surface area contributed by atoms with Crippen LogP contribution in [0.4, 0.5) is 0 Å². The molecule has 0 saturated heterocycles. The smallest absolute Gasteiger partial charge is 0.0754 e. The van der Waals surface area contributed by atoms with E-state index in [0.717, 1.165) is 6.54 Å². The maximum Gasteiger partial charge on any atom is 0.0754 e. The summed E-state index contributed by atoms with van der Waals surface area (Å²) in [7, 11) is 0. The van der Waals surface area contributed by atoms with Gasteiger partial charge in [0.1, 0.15) is 0 Å². The lowest BCUT2D eigenvalue weighted by atomic mass is 9.70. The Morgan fingerprint density at radius 1 is 1.36 bits per heavy atom. The molecule has 0 aliphatic heterocycles. The van der Waals surface area contributed by atoms with Crippen LogP contribution in [0, 0.1) is 16.7 Å². The van der Waals surface area contributed by atoms with Gasteiger partial charge in [-0.1, -0.05) is 27.7 Å². The molecule has 2 bridgehead atoms. The van der Waals surface area contributed by atoms with Crippen LogP contribution in [0.5, 0.6) is 0 Å². The molecule has 4 unspecified atom stereocenters. The van der Waals surface area contributed by atoms with Gasteiger partial charge in [-0.15, -0.1) is 0 Å². The highest BCUT2D eigenvalue weighted by atomic mass is 16.3. The zero-order valence-corrected chi connectivity index (χ0v) is 9.80. The summed E-state index contributed by atoms with van der Waals surface area (Å²) < 4.78 is 0. The van der Waals surface area contributed by atoms with Crippen LogP contribution in [0.15, 0.2) is 0 Å². The van der Waals surface area contributed by atoms with Crippen LogP contribution in [0.2, 0.25) is 0 Å². The molecule has 0 aromatic heterocycles. The average molecular weight is 197 g/mol. The zero-order chi connectivity index (χ0) is 10.6. The van der Waals surface area contributed by atoms with E-state index in [9.17, 15) is 5.11 Å². The molecule has 0 aromatic rings. The third-order valence-corrected chi connectivity index (χ3v) is 5.24. The van der Waals surface area contributed by atoms with E-state index < -0.39 is 0 Å². The molecule has 0 heterocycles. The molecule has 0 aromatic carbocycles. The number of rotatable bonds is 2. The van der Waals surface area contributed by atoms with Gasteiger partial charge in [-0.2, -0.15) is 0 Å². The van der Waals surface area contributed by atoms with E-state index >= 15 is 0 Å². The van der Waals surface area contributed by atoms with E-state index in [1.54, 1.807) is 0 Å². The Labute approximate surface area is 87.1 Å². The Kier molecular flexibility index (Phi) is 2.20. The highest BCUT2D eigenvalue weighted by Gasteiger charge is 2.65. The van der Waals surface area contributed by atoms with Gasteiger partial charge in [0.15, 0.2) is 0 Å². The van der Waals surface area contributed by atoms with Crippen molar-refractivity contribution in [1.29, 1.82) is 0 Å². The fraction of sp³-hybridized carbons (Fsp3) is 1.00. The number of aliphatic hydroxyl groups is 1. The van der Waals surface area contributed by atoms with Gasteiger partial charge in [-0.25, -0.2) is 0 Å². The minimum atomic E-state index is -0.156. The second-order valence-electron chi connectivity index (χ2n) is 5.81. The monoisotopic (exact) mass is 197 g/mol. The normalized spacial score (nSPS) is 49.9. The van der Waals surface area contributed by atoms with Gasteiger partial charge in [0.25, 0.3) is 0 Å². The Morgan fingerprint density at radius 2 is 2.00 bits per heavy atom. The second kappa shape index (κ2) is 2.96. The highest BCUT2D eigenvalue weighted by Crippen LogP contribution is 2.65. The molecule has 2 rings (SSSR count). The molecule has 2 aliphatic carbocycles. The largest absolute Gasteiger partial charge is 0.391 e. The summed E-state index contributed by atoms with van der Waals surface area (Å²) in [5.74, 6) is 0.655. The summed E-state index contributed by atoms with van der Waals surface area (Å²) in [6.07, 6.45) is 2.31. The predicted molar refractivity (Wildman–Crippen MR) is 58.1 cm³/mol. The van der Waals surface area contributed by atoms with Crippen LogP contribution >= 0.6 is 0 Å². The molecule has 2 nitrogen and oxygen atoms in total. The molecule has 4 atom stereocenters. The molecule has 0 spiro atoms. The first-order valence-electron chi connectivity index (χ1n) is 5.86. The van der Waals surface area contributed by atoms with Crippen molar-refractivity contribution in [3.8, 4) is 0 Å². The number of fused-ring (bicyclic) bond motifs is 2. The molecule has 2 saturated carbocycles. The third-order valence-electron chi connectivity index (χ3n) is 5.24. The molecular weight excluding hydrogens is 174 g/mol. The van der Waals surface area contributed by atoms with E-state index in [1.807, 2.05) is 0 Å². The van der Waals surface area contributed by atoms with Gasteiger partial charge in [-0.05, 0) is 30.7 Å².